The van der Waals surface area contributed by atoms with Gasteiger partial charge < -0.3 is 10.2 Å². The molecule has 1 aliphatic heterocycles. The number of rotatable bonds is 4. The Labute approximate surface area is 187 Å². The Balaban J connectivity index is 1.35. The molecule has 30 heavy (non-hydrogen) atoms. The van der Waals surface area contributed by atoms with Crippen LogP contribution in [0.15, 0.2) is 36.5 Å². The van der Waals surface area contributed by atoms with E-state index in [-0.39, 0.29) is 0 Å². The van der Waals surface area contributed by atoms with Gasteiger partial charge in [-0.2, -0.15) is 9.36 Å². The Morgan fingerprint density at radius 2 is 1.87 bits per heavy atom. The van der Waals surface area contributed by atoms with E-state index in [1.807, 2.05) is 37.4 Å². The van der Waals surface area contributed by atoms with E-state index < -0.39 is 0 Å². The number of hydrogen-bond donors (Lipinski definition) is 1. The first-order valence-corrected chi connectivity index (χ1v) is 11.2. The molecule has 1 saturated heterocycles. The van der Waals surface area contributed by atoms with Gasteiger partial charge in [-0.25, -0.2) is 9.50 Å². The van der Waals surface area contributed by atoms with E-state index >= 15 is 0 Å². The van der Waals surface area contributed by atoms with Crippen molar-refractivity contribution >= 4 is 51.5 Å². The topological polar surface area (TPSA) is 71.2 Å². The van der Waals surface area contributed by atoms with E-state index in [0.717, 1.165) is 53.7 Å². The van der Waals surface area contributed by atoms with Crippen LogP contribution in [0.2, 0.25) is 10.0 Å². The monoisotopic (exact) mass is 459 g/mol. The van der Waals surface area contributed by atoms with Crippen molar-refractivity contribution < 1.29 is 0 Å². The number of pyridine rings is 1. The Morgan fingerprint density at radius 1 is 1.07 bits per heavy atom. The number of nitrogens with one attached hydrogen (secondary N) is 1. The minimum atomic E-state index is 0.311. The van der Waals surface area contributed by atoms with Crippen molar-refractivity contribution in [3.05, 3.63) is 52.4 Å². The molecule has 3 aromatic heterocycles. The molecular formula is C20H19Cl2N7S. The van der Waals surface area contributed by atoms with E-state index in [1.54, 1.807) is 10.6 Å². The van der Waals surface area contributed by atoms with Gasteiger partial charge in [0.05, 0.1) is 10.0 Å². The van der Waals surface area contributed by atoms with Crippen molar-refractivity contribution in [2.45, 2.75) is 25.8 Å². The largest absolute Gasteiger partial charge is 0.350 e. The molecule has 0 atom stereocenters. The lowest BCUT2D eigenvalue weighted by atomic mass is 10.1. The molecule has 4 heterocycles. The van der Waals surface area contributed by atoms with E-state index in [9.17, 15) is 0 Å². The van der Waals surface area contributed by atoms with Crippen molar-refractivity contribution in [2.24, 2.45) is 0 Å². The van der Waals surface area contributed by atoms with Crippen molar-refractivity contribution in [3.8, 4) is 11.1 Å². The molecule has 0 spiro atoms. The van der Waals surface area contributed by atoms with Gasteiger partial charge in [-0.05, 0) is 38.0 Å². The molecule has 1 fully saturated rings. The van der Waals surface area contributed by atoms with Gasteiger partial charge in [0.2, 0.25) is 11.1 Å². The zero-order chi connectivity index (χ0) is 20.7. The summed E-state index contributed by atoms with van der Waals surface area (Å²) in [4.78, 5) is 11.5. The molecule has 1 N–H and O–H groups in total. The predicted molar refractivity (Wildman–Crippen MR) is 122 cm³/mol. The molecular weight excluding hydrogens is 441 g/mol. The maximum atomic E-state index is 6.44. The number of nitrogens with zero attached hydrogens (tertiary/aromatic N) is 6. The summed E-state index contributed by atoms with van der Waals surface area (Å²) >= 11 is 14.1. The average Bonchev–Trinajstić information content (AvgIpc) is 3.36. The second kappa shape index (κ2) is 8.02. The molecule has 4 aromatic rings. The van der Waals surface area contributed by atoms with Crippen LogP contribution >= 0.6 is 34.7 Å². The molecule has 154 valence electrons. The lowest BCUT2D eigenvalue weighted by molar-refractivity contribution is 0.523. The number of hydrogen-bond acceptors (Lipinski definition) is 7. The van der Waals surface area contributed by atoms with Gasteiger partial charge in [0.25, 0.3) is 0 Å². The highest BCUT2D eigenvalue weighted by atomic mass is 35.5. The Morgan fingerprint density at radius 3 is 2.63 bits per heavy atom. The number of aromatic nitrogens is 5. The first-order chi connectivity index (χ1) is 14.6. The highest BCUT2D eigenvalue weighted by molar-refractivity contribution is 7.09. The summed E-state index contributed by atoms with van der Waals surface area (Å²) in [5, 5.41) is 10.1. The van der Waals surface area contributed by atoms with Gasteiger partial charge in [0.15, 0.2) is 5.65 Å². The second-order valence-corrected chi connectivity index (χ2v) is 8.77. The van der Waals surface area contributed by atoms with Crippen LogP contribution in [0.5, 0.6) is 0 Å². The van der Waals surface area contributed by atoms with Crippen LogP contribution in [0, 0.1) is 6.92 Å². The molecule has 0 amide bonds. The number of anilines is 2. The van der Waals surface area contributed by atoms with Crippen molar-refractivity contribution in [1.29, 1.82) is 0 Å². The third kappa shape index (κ3) is 3.71. The van der Waals surface area contributed by atoms with E-state index in [1.165, 1.54) is 11.5 Å². The molecule has 0 radical (unpaired) electrons. The molecule has 0 unspecified atom stereocenters. The Kier molecular flexibility index (Phi) is 5.22. The molecule has 5 rings (SSSR count). The lowest BCUT2D eigenvalue weighted by Gasteiger charge is -2.31. The third-order valence-electron chi connectivity index (χ3n) is 5.22. The average molecular weight is 460 g/mol. The third-order valence-corrected chi connectivity index (χ3v) is 6.91. The Hall–Kier alpha value is -2.42. The number of aryl methyl sites for hydroxylation is 1. The van der Waals surface area contributed by atoms with Crippen LogP contribution in [-0.2, 0) is 0 Å². The first kappa shape index (κ1) is 19.5. The summed E-state index contributed by atoms with van der Waals surface area (Å²) in [7, 11) is 0. The normalized spacial score (nSPS) is 15.1. The summed E-state index contributed by atoms with van der Waals surface area (Å²) in [6.45, 7) is 3.79. The highest BCUT2D eigenvalue weighted by Crippen LogP contribution is 2.35. The summed E-state index contributed by atoms with van der Waals surface area (Å²) in [5.41, 5.74) is 2.48. The smallest absolute Gasteiger partial charge is 0.243 e. The van der Waals surface area contributed by atoms with Crippen LogP contribution < -0.4 is 10.2 Å². The van der Waals surface area contributed by atoms with Crippen LogP contribution in [-0.4, -0.2) is 43.1 Å². The molecule has 7 nitrogen and oxygen atoms in total. The minimum Gasteiger partial charge on any atom is -0.350 e. The maximum absolute atomic E-state index is 6.44. The van der Waals surface area contributed by atoms with E-state index in [2.05, 4.69) is 24.7 Å². The van der Waals surface area contributed by atoms with Gasteiger partial charge in [-0.1, -0.05) is 35.3 Å². The Bertz CT molecular complexity index is 1200. The van der Waals surface area contributed by atoms with Crippen LogP contribution in [0.3, 0.4) is 0 Å². The van der Waals surface area contributed by atoms with Crippen molar-refractivity contribution in [2.75, 3.05) is 23.3 Å². The fraction of sp³-hybridized carbons (Fsp3) is 0.300. The van der Waals surface area contributed by atoms with Gasteiger partial charge in [0, 0.05) is 48.0 Å². The fourth-order valence-electron chi connectivity index (χ4n) is 3.70. The van der Waals surface area contributed by atoms with Crippen LogP contribution in [0.25, 0.3) is 16.8 Å². The number of halogens is 2. The zero-order valence-electron chi connectivity index (χ0n) is 16.2. The summed E-state index contributed by atoms with van der Waals surface area (Å²) in [6.07, 6.45) is 3.86. The predicted octanol–water partition coefficient (Wildman–Crippen LogP) is 4.94. The van der Waals surface area contributed by atoms with E-state index in [4.69, 9.17) is 28.2 Å². The van der Waals surface area contributed by atoms with Crippen molar-refractivity contribution in [1.82, 2.24) is 24.0 Å². The van der Waals surface area contributed by atoms with Crippen LogP contribution in [0.1, 0.15) is 18.7 Å². The molecule has 0 bridgehead atoms. The molecule has 1 aliphatic rings. The SMILES string of the molecule is Cc1nsc(N2CCC(Nc3nc4c(-c5cccc(Cl)c5Cl)cccn4n3)CC2)n1. The first-order valence-electron chi connectivity index (χ1n) is 9.70. The van der Waals surface area contributed by atoms with E-state index in [0.29, 0.717) is 22.0 Å². The highest BCUT2D eigenvalue weighted by Gasteiger charge is 2.23. The van der Waals surface area contributed by atoms with Crippen LogP contribution in [0.4, 0.5) is 11.1 Å². The second-order valence-electron chi connectivity index (χ2n) is 7.26. The maximum Gasteiger partial charge on any atom is 0.243 e. The molecule has 0 saturated carbocycles. The number of piperidine rings is 1. The van der Waals surface area contributed by atoms with Gasteiger partial charge >= 0.3 is 0 Å². The molecule has 0 aliphatic carbocycles. The van der Waals surface area contributed by atoms with Crippen molar-refractivity contribution in [3.63, 3.8) is 0 Å². The standard InChI is InChI=1S/C20H19Cl2N7S/c1-12-23-20(30-27-12)28-10-7-13(8-11-28)24-19-25-18-15(5-3-9-29(18)26-19)14-4-2-6-16(21)17(14)22/h2-6,9,13H,7-8,10-11H2,1H3,(H,24,26). The number of fused-ring (bicyclic) bond motifs is 1. The lowest BCUT2D eigenvalue weighted by Crippen LogP contribution is -2.39. The minimum absolute atomic E-state index is 0.311. The molecule has 1 aromatic carbocycles. The number of benzene rings is 1. The zero-order valence-corrected chi connectivity index (χ0v) is 18.5. The van der Waals surface area contributed by atoms with Gasteiger partial charge in [0.1, 0.15) is 5.82 Å². The summed E-state index contributed by atoms with van der Waals surface area (Å²) < 4.78 is 6.05. The summed E-state index contributed by atoms with van der Waals surface area (Å²) in [5.74, 6) is 1.45. The van der Waals surface area contributed by atoms with Gasteiger partial charge in [-0.15, -0.1) is 5.10 Å². The van der Waals surface area contributed by atoms with Gasteiger partial charge in [-0.3, -0.25) is 0 Å². The quantitative estimate of drug-likeness (QED) is 0.465. The summed E-state index contributed by atoms with van der Waals surface area (Å²) in [6, 6.07) is 9.83. The molecule has 10 heteroatoms. The fourth-order valence-corrected chi connectivity index (χ4v) is 4.83.